The van der Waals surface area contributed by atoms with Crippen LogP contribution in [0.25, 0.3) is 5.57 Å². The van der Waals surface area contributed by atoms with Gasteiger partial charge in [-0.1, -0.05) is 93.8 Å². The van der Waals surface area contributed by atoms with Gasteiger partial charge >= 0.3 is 5.97 Å². The van der Waals surface area contributed by atoms with Gasteiger partial charge in [0.2, 0.25) is 0 Å². The minimum Gasteiger partial charge on any atom is -0.462 e. The van der Waals surface area contributed by atoms with Gasteiger partial charge in [-0.3, -0.25) is 4.99 Å². The molecule has 28 heavy (non-hydrogen) atoms. The number of hydrogen-bond acceptors (Lipinski definition) is 3. The molecule has 2 aromatic carbocycles. The van der Waals surface area contributed by atoms with Crippen molar-refractivity contribution in [2.45, 2.75) is 39.5 Å². The number of carbonyl (C=O) groups excluding carboxylic acids is 1. The first-order chi connectivity index (χ1) is 13.7. The van der Waals surface area contributed by atoms with E-state index in [1.54, 1.807) is 13.3 Å². The summed E-state index contributed by atoms with van der Waals surface area (Å²) in [6.07, 6.45) is 6.03. The Bertz CT molecular complexity index is 737. The summed E-state index contributed by atoms with van der Waals surface area (Å²) in [6.45, 7) is 4.79. The van der Waals surface area contributed by atoms with Crippen LogP contribution >= 0.6 is 0 Å². The summed E-state index contributed by atoms with van der Waals surface area (Å²) < 4.78 is 5.74. The Morgan fingerprint density at radius 3 is 2.04 bits per heavy atom. The zero-order valence-corrected chi connectivity index (χ0v) is 17.2. The molecular formula is C25H31NO2. The van der Waals surface area contributed by atoms with Crippen LogP contribution < -0.4 is 0 Å². The first-order valence-electron chi connectivity index (χ1n) is 10.2. The average Bonchev–Trinajstić information content (AvgIpc) is 2.75. The second-order valence-electron chi connectivity index (χ2n) is 6.92. The summed E-state index contributed by atoms with van der Waals surface area (Å²) in [5, 5.41) is 0. The van der Waals surface area contributed by atoms with Crippen molar-refractivity contribution in [1.82, 2.24) is 0 Å². The fourth-order valence-corrected chi connectivity index (χ4v) is 3.21. The van der Waals surface area contributed by atoms with E-state index in [1.165, 1.54) is 0 Å². The highest BCUT2D eigenvalue weighted by Gasteiger charge is 2.19. The van der Waals surface area contributed by atoms with Crippen LogP contribution in [0, 0.1) is 5.92 Å². The van der Waals surface area contributed by atoms with Crippen LogP contribution in [0.2, 0.25) is 0 Å². The number of ether oxygens (including phenoxy) is 1. The number of carbonyl (C=O) groups is 1. The monoisotopic (exact) mass is 377 g/mol. The van der Waals surface area contributed by atoms with Gasteiger partial charge in [0, 0.05) is 18.8 Å². The molecule has 0 aliphatic carbocycles. The van der Waals surface area contributed by atoms with E-state index in [0.717, 1.165) is 42.4 Å². The molecule has 0 aliphatic heterocycles. The van der Waals surface area contributed by atoms with E-state index in [2.05, 4.69) is 18.8 Å². The van der Waals surface area contributed by atoms with Gasteiger partial charge < -0.3 is 4.74 Å². The quantitative estimate of drug-likeness (QED) is 0.291. The van der Waals surface area contributed by atoms with Crippen molar-refractivity contribution in [2.75, 3.05) is 13.7 Å². The standard InChI is InChI=1S/C25H31NO2/c1-4-6-13-20(5-2)19-28-25(27)23(18-26-3)24(21-14-9-7-10-15-21)22-16-11-8-12-17-22/h7-12,14-18,20H,4-6,13,19H2,1-3H3/b26-18+. The smallest absolute Gasteiger partial charge is 0.340 e. The summed E-state index contributed by atoms with van der Waals surface area (Å²) in [5.74, 6) is 0.0869. The minimum absolute atomic E-state index is 0.316. The summed E-state index contributed by atoms with van der Waals surface area (Å²) in [7, 11) is 1.68. The number of esters is 1. The molecule has 0 radical (unpaired) electrons. The molecule has 2 rings (SSSR count). The Hall–Kier alpha value is -2.68. The largest absolute Gasteiger partial charge is 0.462 e. The topological polar surface area (TPSA) is 38.7 Å². The highest BCUT2D eigenvalue weighted by Crippen LogP contribution is 2.27. The van der Waals surface area contributed by atoms with E-state index in [4.69, 9.17) is 4.74 Å². The molecule has 0 saturated carbocycles. The third kappa shape index (κ3) is 6.19. The van der Waals surface area contributed by atoms with Crippen LogP contribution in [-0.4, -0.2) is 25.8 Å². The van der Waals surface area contributed by atoms with Gasteiger partial charge in [-0.05, 0) is 23.5 Å². The van der Waals surface area contributed by atoms with Crippen LogP contribution in [0.4, 0.5) is 0 Å². The third-order valence-corrected chi connectivity index (χ3v) is 4.87. The summed E-state index contributed by atoms with van der Waals surface area (Å²) in [5.41, 5.74) is 3.28. The molecule has 148 valence electrons. The Balaban J connectivity index is 2.39. The van der Waals surface area contributed by atoms with Gasteiger partial charge in [-0.15, -0.1) is 0 Å². The van der Waals surface area contributed by atoms with Gasteiger partial charge in [0.25, 0.3) is 0 Å². The third-order valence-electron chi connectivity index (χ3n) is 4.87. The van der Waals surface area contributed by atoms with Crippen molar-refractivity contribution in [1.29, 1.82) is 0 Å². The Kier molecular flexibility index (Phi) is 9.20. The minimum atomic E-state index is -0.316. The molecule has 0 amide bonds. The van der Waals surface area contributed by atoms with E-state index in [9.17, 15) is 4.79 Å². The fourth-order valence-electron chi connectivity index (χ4n) is 3.21. The van der Waals surface area contributed by atoms with E-state index in [1.807, 2.05) is 60.7 Å². The van der Waals surface area contributed by atoms with Crippen LogP contribution in [0.5, 0.6) is 0 Å². The van der Waals surface area contributed by atoms with Crippen LogP contribution in [0.1, 0.15) is 50.7 Å². The van der Waals surface area contributed by atoms with Gasteiger partial charge in [0.15, 0.2) is 0 Å². The Labute approximate surface area is 169 Å². The molecule has 1 unspecified atom stereocenters. The van der Waals surface area contributed by atoms with Crippen molar-refractivity contribution in [3.8, 4) is 0 Å². The molecule has 0 aromatic heterocycles. The second kappa shape index (κ2) is 11.9. The van der Waals surface area contributed by atoms with Crippen molar-refractivity contribution < 1.29 is 9.53 Å². The number of benzene rings is 2. The SMILES string of the molecule is CCCCC(CC)COC(=O)C(/C=N/C)=C(c1ccccc1)c1ccccc1. The van der Waals surface area contributed by atoms with Crippen molar-refractivity contribution in [3.63, 3.8) is 0 Å². The molecule has 3 nitrogen and oxygen atoms in total. The van der Waals surface area contributed by atoms with E-state index >= 15 is 0 Å². The number of rotatable bonds is 10. The van der Waals surface area contributed by atoms with Gasteiger partial charge in [-0.25, -0.2) is 4.79 Å². The average molecular weight is 378 g/mol. The van der Waals surface area contributed by atoms with Crippen molar-refractivity contribution >= 4 is 17.8 Å². The van der Waals surface area contributed by atoms with Gasteiger partial charge in [-0.2, -0.15) is 0 Å². The van der Waals surface area contributed by atoms with E-state index in [-0.39, 0.29) is 5.97 Å². The number of hydrogen-bond donors (Lipinski definition) is 0. The maximum absolute atomic E-state index is 13.0. The van der Waals surface area contributed by atoms with E-state index in [0.29, 0.717) is 18.1 Å². The molecule has 0 N–H and O–H groups in total. The van der Waals surface area contributed by atoms with E-state index < -0.39 is 0 Å². The van der Waals surface area contributed by atoms with Crippen LogP contribution in [0.3, 0.4) is 0 Å². The van der Waals surface area contributed by atoms with Crippen LogP contribution in [0.15, 0.2) is 71.2 Å². The molecule has 0 aliphatic rings. The van der Waals surface area contributed by atoms with Gasteiger partial charge in [0.05, 0.1) is 12.2 Å². The second-order valence-corrected chi connectivity index (χ2v) is 6.92. The lowest BCUT2D eigenvalue weighted by molar-refractivity contribution is -0.139. The molecule has 0 heterocycles. The first-order valence-corrected chi connectivity index (χ1v) is 10.2. The molecule has 0 spiro atoms. The van der Waals surface area contributed by atoms with Crippen molar-refractivity contribution in [2.24, 2.45) is 10.9 Å². The predicted molar refractivity (Wildman–Crippen MR) is 118 cm³/mol. The Morgan fingerprint density at radius 1 is 1.00 bits per heavy atom. The number of nitrogens with zero attached hydrogens (tertiary/aromatic N) is 1. The number of aliphatic imine (C=N–C) groups is 1. The lowest BCUT2D eigenvalue weighted by atomic mass is 9.93. The molecule has 1 atom stereocenters. The highest BCUT2D eigenvalue weighted by atomic mass is 16.5. The predicted octanol–water partition coefficient (Wildman–Crippen LogP) is 5.95. The molecular weight excluding hydrogens is 346 g/mol. The highest BCUT2D eigenvalue weighted by molar-refractivity contribution is 6.18. The summed E-state index contributed by atoms with van der Waals surface area (Å²) in [4.78, 5) is 17.2. The lowest BCUT2D eigenvalue weighted by Gasteiger charge is -2.17. The number of unbranched alkanes of at least 4 members (excludes halogenated alkanes) is 1. The molecule has 0 bridgehead atoms. The normalized spacial score (nSPS) is 12.0. The van der Waals surface area contributed by atoms with Crippen LogP contribution in [-0.2, 0) is 9.53 Å². The molecule has 2 aromatic rings. The zero-order valence-electron chi connectivity index (χ0n) is 17.2. The molecule has 0 fully saturated rings. The zero-order chi connectivity index (χ0) is 20.2. The maximum Gasteiger partial charge on any atom is 0.340 e. The first kappa shape index (κ1) is 21.6. The summed E-state index contributed by atoms with van der Waals surface area (Å²) in [6, 6.07) is 19.9. The Morgan fingerprint density at radius 2 is 1.57 bits per heavy atom. The lowest BCUT2D eigenvalue weighted by Crippen LogP contribution is -2.17. The van der Waals surface area contributed by atoms with Crippen molar-refractivity contribution in [3.05, 3.63) is 77.4 Å². The summed E-state index contributed by atoms with van der Waals surface area (Å²) >= 11 is 0. The maximum atomic E-state index is 13.0. The molecule has 0 saturated heterocycles. The van der Waals surface area contributed by atoms with Gasteiger partial charge in [0.1, 0.15) is 0 Å². The fraction of sp³-hybridized carbons (Fsp3) is 0.360. The molecule has 3 heteroatoms.